The van der Waals surface area contributed by atoms with Gasteiger partial charge in [-0.3, -0.25) is 9.89 Å². The highest BCUT2D eigenvalue weighted by molar-refractivity contribution is 5.96. The van der Waals surface area contributed by atoms with Crippen molar-refractivity contribution < 1.29 is 4.79 Å². The van der Waals surface area contributed by atoms with Crippen LogP contribution in [0.15, 0.2) is 30.5 Å². The summed E-state index contributed by atoms with van der Waals surface area (Å²) in [5.74, 6) is 0.210. The number of rotatable bonds is 7. The second-order valence-electron chi connectivity index (χ2n) is 5.31. The summed E-state index contributed by atoms with van der Waals surface area (Å²) in [5, 5.41) is 10.6. The van der Waals surface area contributed by atoms with Crippen molar-refractivity contribution in [1.29, 1.82) is 0 Å². The Morgan fingerprint density at radius 1 is 1.29 bits per heavy atom. The maximum atomic E-state index is 11.8. The van der Waals surface area contributed by atoms with Crippen LogP contribution in [0.3, 0.4) is 0 Å². The normalized spacial score (nSPS) is 12.1. The maximum absolute atomic E-state index is 11.8. The molecule has 4 heteroatoms. The van der Waals surface area contributed by atoms with Gasteiger partial charge in [0.1, 0.15) is 0 Å². The summed E-state index contributed by atoms with van der Waals surface area (Å²) in [6.45, 7) is 6.19. The molecule has 0 aliphatic heterocycles. The third kappa shape index (κ3) is 3.72. The molecule has 0 radical (unpaired) electrons. The molecule has 112 valence electrons. The standard InChI is InChI=1S/C17H23N3O/c1-4-6-17(21)13-7-9-14(10-8-13)19-16(5-2)15-11-18-20-12(15)3/h7-11,16,19H,4-6H2,1-3H3,(H,18,20). The smallest absolute Gasteiger partial charge is 0.162 e. The number of hydrogen-bond donors (Lipinski definition) is 2. The fraction of sp³-hybridized carbons (Fsp3) is 0.412. The Morgan fingerprint density at radius 3 is 2.52 bits per heavy atom. The van der Waals surface area contributed by atoms with Gasteiger partial charge in [0.2, 0.25) is 0 Å². The van der Waals surface area contributed by atoms with E-state index in [9.17, 15) is 4.79 Å². The first-order valence-corrected chi connectivity index (χ1v) is 7.55. The van der Waals surface area contributed by atoms with Gasteiger partial charge in [-0.15, -0.1) is 0 Å². The van der Waals surface area contributed by atoms with E-state index in [1.54, 1.807) is 0 Å². The van der Waals surface area contributed by atoms with Gasteiger partial charge in [-0.2, -0.15) is 5.10 Å². The van der Waals surface area contributed by atoms with Crippen LogP contribution >= 0.6 is 0 Å². The fourth-order valence-electron chi connectivity index (χ4n) is 2.44. The molecule has 2 rings (SSSR count). The van der Waals surface area contributed by atoms with Crippen molar-refractivity contribution in [2.45, 2.75) is 46.1 Å². The zero-order valence-electron chi connectivity index (χ0n) is 12.9. The number of benzene rings is 1. The zero-order valence-corrected chi connectivity index (χ0v) is 12.9. The summed E-state index contributed by atoms with van der Waals surface area (Å²) < 4.78 is 0. The van der Waals surface area contributed by atoms with Gasteiger partial charge in [-0.1, -0.05) is 13.8 Å². The highest BCUT2D eigenvalue weighted by atomic mass is 16.1. The van der Waals surface area contributed by atoms with E-state index < -0.39 is 0 Å². The number of H-pyrrole nitrogens is 1. The predicted octanol–water partition coefficient (Wildman–Crippen LogP) is 4.26. The topological polar surface area (TPSA) is 57.8 Å². The number of carbonyl (C=O) groups is 1. The van der Waals surface area contributed by atoms with Crippen molar-refractivity contribution in [2.24, 2.45) is 0 Å². The Balaban J connectivity index is 2.09. The molecule has 1 unspecified atom stereocenters. The van der Waals surface area contributed by atoms with Gasteiger partial charge >= 0.3 is 0 Å². The predicted molar refractivity (Wildman–Crippen MR) is 85.7 cm³/mol. The van der Waals surface area contributed by atoms with Crippen LogP contribution in [-0.4, -0.2) is 16.0 Å². The van der Waals surface area contributed by atoms with Crippen LogP contribution in [0, 0.1) is 6.92 Å². The monoisotopic (exact) mass is 285 g/mol. The van der Waals surface area contributed by atoms with E-state index >= 15 is 0 Å². The fourth-order valence-corrected chi connectivity index (χ4v) is 2.44. The van der Waals surface area contributed by atoms with Crippen molar-refractivity contribution in [2.75, 3.05) is 5.32 Å². The summed E-state index contributed by atoms with van der Waals surface area (Å²) in [6.07, 6.45) is 4.33. The number of ketones is 1. The minimum atomic E-state index is 0.210. The molecule has 21 heavy (non-hydrogen) atoms. The van der Waals surface area contributed by atoms with Crippen LogP contribution in [0.1, 0.15) is 60.8 Å². The van der Waals surface area contributed by atoms with E-state index in [0.717, 1.165) is 29.8 Å². The molecular weight excluding hydrogens is 262 g/mol. The van der Waals surface area contributed by atoms with Crippen LogP contribution < -0.4 is 5.32 Å². The van der Waals surface area contributed by atoms with E-state index in [2.05, 4.69) is 22.4 Å². The van der Waals surface area contributed by atoms with E-state index in [4.69, 9.17) is 0 Å². The van der Waals surface area contributed by atoms with E-state index in [0.29, 0.717) is 6.42 Å². The Labute approximate surface area is 126 Å². The number of aromatic nitrogens is 2. The number of aryl methyl sites for hydroxylation is 1. The first-order chi connectivity index (χ1) is 10.2. The number of Topliss-reactive ketones (excluding diaryl/α,β-unsaturated/α-hetero) is 1. The molecule has 0 bridgehead atoms. The van der Waals surface area contributed by atoms with Crippen LogP contribution in [-0.2, 0) is 0 Å². The number of carbonyl (C=O) groups excluding carboxylic acids is 1. The van der Waals surface area contributed by atoms with Crippen LogP contribution in [0.25, 0.3) is 0 Å². The first-order valence-electron chi connectivity index (χ1n) is 7.55. The van der Waals surface area contributed by atoms with E-state index in [1.807, 2.05) is 44.3 Å². The average Bonchev–Trinajstić information content (AvgIpc) is 2.92. The number of nitrogens with one attached hydrogen (secondary N) is 2. The third-order valence-corrected chi connectivity index (χ3v) is 3.68. The van der Waals surface area contributed by atoms with Crippen LogP contribution in [0.4, 0.5) is 5.69 Å². The molecule has 1 heterocycles. The second-order valence-corrected chi connectivity index (χ2v) is 5.31. The minimum absolute atomic E-state index is 0.210. The summed E-state index contributed by atoms with van der Waals surface area (Å²) in [5.41, 5.74) is 4.08. The van der Waals surface area contributed by atoms with Gasteiger partial charge in [-0.25, -0.2) is 0 Å². The molecule has 0 amide bonds. The lowest BCUT2D eigenvalue weighted by atomic mass is 10.0. The summed E-state index contributed by atoms with van der Waals surface area (Å²) in [6, 6.07) is 7.97. The van der Waals surface area contributed by atoms with Gasteiger partial charge in [0.05, 0.1) is 12.2 Å². The Kier molecular flexibility index (Phi) is 5.14. The number of aromatic amines is 1. The Morgan fingerprint density at radius 2 is 2.00 bits per heavy atom. The first kappa shape index (κ1) is 15.3. The van der Waals surface area contributed by atoms with Crippen molar-refractivity contribution in [1.82, 2.24) is 10.2 Å². The van der Waals surface area contributed by atoms with Gasteiger partial charge in [0.15, 0.2) is 5.78 Å². The highest BCUT2D eigenvalue weighted by Gasteiger charge is 2.13. The maximum Gasteiger partial charge on any atom is 0.162 e. The number of hydrogen-bond acceptors (Lipinski definition) is 3. The summed E-state index contributed by atoms with van der Waals surface area (Å²) in [7, 11) is 0. The third-order valence-electron chi connectivity index (χ3n) is 3.68. The molecule has 2 N–H and O–H groups in total. The van der Waals surface area contributed by atoms with Gasteiger partial charge in [0.25, 0.3) is 0 Å². The highest BCUT2D eigenvalue weighted by Crippen LogP contribution is 2.24. The average molecular weight is 285 g/mol. The molecule has 1 aromatic carbocycles. The summed E-state index contributed by atoms with van der Waals surface area (Å²) >= 11 is 0. The molecule has 0 fully saturated rings. The van der Waals surface area contributed by atoms with Crippen LogP contribution in [0.2, 0.25) is 0 Å². The summed E-state index contributed by atoms with van der Waals surface area (Å²) in [4.78, 5) is 11.8. The Bertz CT molecular complexity index is 586. The molecule has 0 aliphatic carbocycles. The van der Waals surface area contributed by atoms with Gasteiger partial charge < -0.3 is 5.32 Å². The molecule has 4 nitrogen and oxygen atoms in total. The molecule has 1 aromatic heterocycles. The second kappa shape index (κ2) is 7.07. The van der Waals surface area contributed by atoms with Crippen molar-refractivity contribution >= 4 is 11.5 Å². The van der Waals surface area contributed by atoms with Crippen molar-refractivity contribution in [3.05, 3.63) is 47.3 Å². The quantitative estimate of drug-likeness (QED) is 0.747. The van der Waals surface area contributed by atoms with Crippen molar-refractivity contribution in [3.8, 4) is 0 Å². The molecule has 0 aliphatic rings. The molecular formula is C17H23N3O. The number of anilines is 1. The van der Waals surface area contributed by atoms with E-state index in [1.165, 1.54) is 5.56 Å². The van der Waals surface area contributed by atoms with Gasteiger partial charge in [-0.05, 0) is 44.0 Å². The lowest BCUT2D eigenvalue weighted by Crippen LogP contribution is -2.10. The molecule has 1 atom stereocenters. The Hall–Kier alpha value is -2.10. The van der Waals surface area contributed by atoms with Gasteiger partial charge in [0, 0.05) is 28.9 Å². The molecule has 0 saturated heterocycles. The van der Waals surface area contributed by atoms with E-state index in [-0.39, 0.29) is 11.8 Å². The zero-order chi connectivity index (χ0) is 15.2. The molecule has 2 aromatic rings. The molecule has 0 spiro atoms. The van der Waals surface area contributed by atoms with Crippen LogP contribution in [0.5, 0.6) is 0 Å². The lowest BCUT2D eigenvalue weighted by Gasteiger charge is -2.18. The van der Waals surface area contributed by atoms with Crippen molar-refractivity contribution in [3.63, 3.8) is 0 Å². The lowest BCUT2D eigenvalue weighted by molar-refractivity contribution is 0.0982. The SMILES string of the molecule is CCCC(=O)c1ccc(NC(CC)c2cn[nH]c2C)cc1. The number of nitrogens with zero attached hydrogens (tertiary/aromatic N) is 1. The minimum Gasteiger partial charge on any atom is -0.378 e. The molecule has 0 saturated carbocycles. The largest absolute Gasteiger partial charge is 0.378 e.